The Morgan fingerprint density at radius 1 is 1.38 bits per heavy atom. The van der Waals surface area contributed by atoms with E-state index >= 15 is 0 Å². The summed E-state index contributed by atoms with van der Waals surface area (Å²) in [4.78, 5) is 11.3. The molecule has 1 aliphatic rings. The van der Waals surface area contributed by atoms with E-state index in [2.05, 4.69) is 6.58 Å². The molecular weight excluding hydrogens is 288 g/mol. The fraction of sp³-hybridized carbons (Fsp3) is 0.750. The van der Waals surface area contributed by atoms with Crippen molar-refractivity contribution >= 4 is 5.97 Å². The topological polar surface area (TPSA) is 146 Å². The molecule has 122 valence electrons. The number of carbonyl (C=O) groups excluding carboxylic acids is 1. The van der Waals surface area contributed by atoms with Crippen LogP contribution in [0.1, 0.15) is 13.8 Å². The summed E-state index contributed by atoms with van der Waals surface area (Å²) in [6.07, 6.45) is -8.23. The smallest absolute Gasteiger partial charge is 0.335 e. The molecular formula is C12H20O9. The Balaban J connectivity index is 2.78. The first-order chi connectivity index (χ1) is 9.62. The van der Waals surface area contributed by atoms with Gasteiger partial charge in [0.15, 0.2) is 6.10 Å². The molecule has 1 aliphatic heterocycles. The van der Waals surface area contributed by atoms with Gasteiger partial charge in [-0.05, 0) is 13.8 Å². The first-order valence-electron chi connectivity index (χ1n) is 6.22. The summed E-state index contributed by atoms with van der Waals surface area (Å²) in [7, 11) is 0. The van der Waals surface area contributed by atoms with Crippen LogP contribution in [0.2, 0.25) is 0 Å². The molecule has 9 nitrogen and oxygen atoms in total. The summed E-state index contributed by atoms with van der Waals surface area (Å²) in [5.41, 5.74) is 0.0891. The van der Waals surface area contributed by atoms with E-state index < -0.39 is 49.3 Å². The zero-order chi connectivity index (χ0) is 16.4. The number of ether oxygens (including phenoxy) is 3. The van der Waals surface area contributed by atoms with Crippen molar-refractivity contribution in [1.29, 1.82) is 0 Å². The summed E-state index contributed by atoms with van der Waals surface area (Å²) in [5.74, 6) is -3.56. The summed E-state index contributed by atoms with van der Waals surface area (Å²) in [5, 5.41) is 47.9. The number of carbonyl (C=O) groups is 1. The number of aliphatic hydroxyl groups is 5. The van der Waals surface area contributed by atoms with Crippen LogP contribution in [0.5, 0.6) is 0 Å². The third kappa shape index (κ3) is 3.98. The lowest BCUT2D eigenvalue weighted by Gasteiger charge is -2.44. The SMILES string of the molecule is C=C(C)C(=O)OC(C)O[C@@]1(O)O[C@H](CO)[C@H](O)[C@H](O)[C@H]1O. The molecule has 0 amide bonds. The highest BCUT2D eigenvalue weighted by Gasteiger charge is 2.55. The quantitative estimate of drug-likeness (QED) is 0.213. The lowest BCUT2D eigenvalue weighted by atomic mass is 9.98. The van der Waals surface area contributed by atoms with Gasteiger partial charge in [-0.25, -0.2) is 4.79 Å². The molecule has 0 aromatic heterocycles. The normalized spacial score (nSPS) is 37.9. The molecule has 1 saturated heterocycles. The molecule has 0 bridgehead atoms. The Kier molecular flexibility index (Phi) is 5.82. The minimum Gasteiger partial charge on any atom is -0.433 e. The average Bonchev–Trinajstić information content (AvgIpc) is 2.40. The zero-order valence-electron chi connectivity index (χ0n) is 11.7. The fourth-order valence-electron chi connectivity index (χ4n) is 1.73. The van der Waals surface area contributed by atoms with Crippen molar-refractivity contribution in [3.63, 3.8) is 0 Å². The molecule has 0 aromatic rings. The predicted molar refractivity (Wildman–Crippen MR) is 66.4 cm³/mol. The zero-order valence-corrected chi connectivity index (χ0v) is 11.7. The summed E-state index contributed by atoms with van der Waals surface area (Å²) >= 11 is 0. The van der Waals surface area contributed by atoms with Crippen molar-refractivity contribution in [1.82, 2.24) is 0 Å². The Bertz CT molecular complexity index is 396. The van der Waals surface area contributed by atoms with Gasteiger partial charge in [0, 0.05) is 5.57 Å². The molecule has 0 aromatic carbocycles. The second-order valence-electron chi connectivity index (χ2n) is 4.77. The van der Waals surface area contributed by atoms with E-state index in [-0.39, 0.29) is 5.57 Å². The molecule has 21 heavy (non-hydrogen) atoms. The van der Waals surface area contributed by atoms with E-state index in [0.717, 1.165) is 0 Å². The van der Waals surface area contributed by atoms with Gasteiger partial charge in [0.05, 0.1) is 6.61 Å². The van der Waals surface area contributed by atoms with E-state index in [0.29, 0.717) is 0 Å². The van der Waals surface area contributed by atoms with Gasteiger partial charge >= 0.3 is 11.9 Å². The molecule has 5 N–H and O–H groups in total. The number of esters is 1. The largest absolute Gasteiger partial charge is 0.433 e. The molecule has 1 fully saturated rings. The summed E-state index contributed by atoms with van der Waals surface area (Å²) in [6.45, 7) is 5.25. The van der Waals surface area contributed by atoms with Crippen LogP contribution in [0.25, 0.3) is 0 Å². The van der Waals surface area contributed by atoms with Crippen molar-refractivity contribution in [3.05, 3.63) is 12.2 Å². The molecule has 0 saturated carbocycles. The van der Waals surface area contributed by atoms with Gasteiger partial charge in [-0.2, -0.15) is 0 Å². The van der Waals surface area contributed by atoms with Crippen LogP contribution in [0, 0.1) is 0 Å². The van der Waals surface area contributed by atoms with E-state index in [1.54, 1.807) is 0 Å². The molecule has 9 heteroatoms. The third-order valence-corrected chi connectivity index (χ3v) is 2.88. The minimum absolute atomic E-state index is 0.0891. The fourth-order valence-corrected chi connectivity index (χ4v) is 1.73. The van der Waals surface area contributed by atoms with Gasteiger partial charge in [-0.15, -0.1) is 0 Å². The molecule has 6 atom stereocenters. The number of hydrogen-bond acceptors (Lipinski definition) is 9. The van der Waals surface area contributed by atoms with Gasteiger partial charge in [0.2, 0.25) is 6.29 Å². The number of hydrogen-bond donors (Lipinski definition) is 5. The van der Waals surface area contributed by atoms with Gasteiger partial charge in [0.1, 0.15) is 18.3 Å². The monoisotopic (exact) mass is 308 g/mol. The van der Waals surface area contributed by atoms with Gasteiger partial charge in [0.25, 0.3) is 0 Å². The van der Waals surface area contributed by atoms with Crippen molar-refractivity contribution in [2.75, 3.05) is 6.61 Å². The van der Waals surface area contributed by atoms with Crippen molar-refractivity contribution < 1.29 is 44.5 Å². The number of aliphatic hydroxyl groups excluding tert-OH is 4. The number of rotatable bonds is 5. The minimum atomic E-state index is -2.76. The van der Waals surface area contributed by atoms with Crippen molar-refractivity contribution in [2.24, 2.45) is 0 Å². The van der Waals surface area contributed by atoms with Crippen LogP contribution < -0.4 is 0 Å². The second kappa shape index (κ2) is 6.79. The maximum Gasteiger partial charge on any atom is 0.335 e. The maximum absolute atomic E-state index is 11.3. The standard InChI is InChI=1S/C12H20O9/c1-5(2)11(17)19-6(3)20-12(18)10(16)9(15)8(14)7(4-13)21-12/h6-10,13-16,18H,1,4H2,2-3H3/t6?,7-,8+,9+,10-,12-/m1/s1. The van der Waals surface area contributed by atoms with Crippen LogP contribution in [0.3, 0.4) is 0 Å². The van der Waals surface area contributed by atoms with E-state index in [1.807, 2.05) is 0 Å². The van der Waals surface area contributed by atoms with Crippen LogP contribution >= 0.6 is 0 Å². The highest BCUT2D eigenvalue weighted by Crippen LogP contribution is 2.30. The van der Waals surface area contributed by atoms with Crippen LogP contribution in [0.15, 0.2) is 12.2 Å². The lowest BCUT2D eigenvalue weighted by molar-refractivity contribution is -0.469. The summed E-state index contributed by atoms with van der Waals surface area (Å²) < 4.78 is 14.5. The molecule has 0 aliphatic carbocycles. The van der Waals surface area contributed by atoms with Crippen LogP contribution in [-0.4, -0.2) is 74.8 Å². The van der Waals surface area contributed by atoms with E-state index in [1.165, 1.54) is 13.8 Å². The second-order valence-corrected chi connectivity index (χ2v) is 4.77. The van der Waals surface area contributed by atoms with Crippen LogP contribution in [-0.2, 0) is 19.0 Å². The molecule has 0 radical (unpaired) electrons. The van der Waals surface area contributed by atoms with Gasteiger partial charge in [-0.1, -0.05) is 6.58 Å². The Morgan fingerprint density at radius 3 is 2.43 bits per heavy atom. The average molecular weight is 308 g/mol. The first-order valence-corrected chi connectivity index (χ1v) is 6.22. The van der Waals surface area contributed by atoms with E-state index in [4.69, 9.17) is 19.3 Å². The molecule has 1 rings (SSSR count). The van der Waals surface area contributed by atoms with Crippen LogP contribution in [0.4, 0.5) is 0 Å². The predicted octanol–water partition coefficient (Wildman–Crippen LogP) is -2.41. The molecule has 1 heterocycles. The molecule has 0 spiro atoms. The molecule has 1 unspecified atom stereocenters. The van der Waals surface area contributed by atoms with Crippen molar-refractivity contribution in [2.45, 2.75) is 50.5 Å². The van der Waals surface area contributed by atoms with Crippen molar-refractivity contribution in [3.8, 4) is 0 Å². The maximum atomic E-state index is 11.3. The van der Waals surface area contributed by atoms with E-state index in [9.17, 15) is 25.2 Å². The van der Waals surface area contributed by atoms with Gasteiger partial charge < -0.3 is 35.0 Å². The first kappa shape index (κ1) is 18.0. The van der Waals surface area contributed by atoms with Gasteiger partial charge in [-0.3, -0.25) is 4.74 Å². The lowest BCUT2D eigenvalue weighted by Crippen LogP contribution is -2.66. The summed E-state index contributed by atoms with van der Waals surface area (Å²) in [6, 6.07) is 0. The Hall–Kier alpha value is -1.07. The highest BCUT2D eigenvalue weighted by molar-refractivity contribution is 5.86. The Labute approximate surface area is 121 Å². The third-order valence-electron chi connectivity index (χ3n) is 2.88. The Morgan fingerprint density at radius 2 is 1.95 bits per heavy atom. The highest BCUT2D eigenvalue weighted by atomic mass is 16.9.